The zero-order valence-electron chi connectivity index (χ0n) is 12.6. The van der Waals surface area contributed by atoms with E-state index in [-0.39, 0.29) is 30.8 Å². The lowest BCUT2D eigenvalue weighted by Crippen LogP contribution is -2.35. The third-order valence-corrected chi connectivity index (χ3v) is 4.18. The van der Waals surface area contributed by atoms with Crippen LogP contribution in [0.25, 0.3) is 0 Å². The number of rotatable bonds is 6. The maximum atomic E-state index is 12.2. The van der Waals surface area contributed by atoms with E-state index < -0.39 is 0 Å². The van der Waals surface area contributed by atoms with Crippen LogP contribution in [-0.2, 0) is 11.2 Å². The van der Waals surface area contributed by atoms with E-state index in [1.807, 2.05) is 0 Å². The van der Waals surface area contributed by atoms with Gasteiger partial charge in [0, 0.05) is 29.7 Å². The Morgan fingerprint density at radius 2 is 1.81 bits per heavy atom. The van der Waals surface area contributed by atoms with Crippen LogP contribution in [0.5, 0.6) is 0 Å². The Hall–Kier alpha value is -0.480. The summed E-state index contributed by atoms with van der Waals surface area (Å²) in [5.74, 6) is 0.410. The molecule has 3 nitrogen and oxygen atoms in total. The minimum absolute atomic E-state index is 0. The SMILES string of the molecule is CC(C)C(N)CCN(C)C(=O)Cc1c(Cl)cccc1Cl.Cl. The van der Waals surface area contributed by atoms with Gasteiger partial charge in [-0.15, -0.1) is 12.4 Å². The number of likely N-dealkylation sites (N-methyl/N-ethyl adjacent to an activating group) is 1. The highest BCUT2D eigenvalue weighted by atomic mass is 35.5. The van der Waals surface area contributed by atoms with Gasteiger partial charge in [0.25, 0.3) is 0 Å². The quantitative estimate of drug-likeness (QED) is 0.845. The molecule has 0 aliphatic carbocycles. The molecular formula is C15H23Cl3N2O. The van der Waals surface area contributed by atoms with Gasteiger partial charge in [0.1, 0.15) is 0 Å². The summed E-state index contributed by atoms with van der Waals surface area (Å²) in [6.07, 6.45) is 1.00. The number of benzene rings is 1. The van der Waals surface area contributed by atoms with Crippen molar-refractivity contribution >= 4 is 41.5 Å². The number of halogens is 3. The van der Waals surface area contributed by atoms with E-state index in [0.717, 1.165) is 6.42 Å². The van der Waals surface area contributed by atoms with Gasteiger partial charge >= 0.3 is 0 Å². The van der Waals surface area contributed by atoms with Crippen molar-refractivity contribution < 1.29 is 4.79 Å². The second kappa shape index (κ2) is 9.52. The lowest BCUT2D eigenvalue weighted by molar-refractivity contribution is -0.129. The first-order valence-electron chi connectivity index (χ1n) is 6.75. The molecule has 6 heteroatoms. The smallest absolute Gasteiger partial charge is 0.226 e. The van der Waals surface area contributed by atoms with Crippen LogP contribution in [-0.4, -0.2) is 30.4 Å². The highest BCUT2D eigenvalue weighted by Gasteiger charge is 2.16. The fourth-order valence-electron chi connectivity index (χ4n) is 1.79. The fraction of sp³-hybridized carbons (Fsp3) is 0.533. The van der Waals surface area contributed by atoms with Gasteiger partial charge in [0.2, 0.25) is 5.91 Å². The molecule has 1 amide bonds. The Kier molecular flexibility index (Phi) is 9.30. The van der Waals surface area contributed by atoms with Crippen LogP contribution >= 0.6 is 35.6 Å². The Morgan fingerprint density at radius 3 is 2.29 bits per heavy atom. The zero-order valence-corrected chi connectivity index (χ0v) is 14.9. The summed E-state index contributed by atoms with van der Waals surface area (Å²) in [6, 6.07) is 5.36. The van der Waals surface area contributed by atoms with Gasteiger partial charge in [0.05, 0.1) is 6.42 Å². The molecule has 120 valence electrons. The van der Waals surface area contributed by atoms with E-state index in [9.17, 15) is 4.79 Å². The van der Waals surface area contributed by atoms with E-state index in [4.69, 9.17) is 28.9 Å². The summed E-state index contributed by atoms with van der Waals surface area (Å²) >= 11 is 12.1. The van der Waals surface area contributed by atoms with Crippen molar-refractivity contribution in [3.05, 3.63) is 33.8 Å². The largest absolute Gasteiger partial charge is 0.345 e. The van der Waals surface area contributed by atoms with Crippen LogP contribution in [0, 0.1) is 5.92 Å². The number of nitrogens with two attached hydrogens (primary N) is 1. The molecule has 1 unspecified atom stereocenters. The first-order valence-corrected chi connectivity index (χ1v) is 7.51. The lowest BCUT2D eigenvalue weighted by Gasteiger charge is -2.22. The van der Waals surface area contributed by atoms with Crippen molar-refractivity contribution in [1.29, 1.82) is 0 Å². The number of hydrogen-bond donors (Lipinski definition) is 1. The van der Waals surface area contributed by atoms with E-state index in [2.05, 4.69) is 13.8 Å². The molecule has 0 bridgehead atoms. The van der Waals surface area contributed by atoms with Crippen molar-refractivity contribution in [2.45, 2.75) is 32.7 Å². The second-order valence-electron chi connectivity index (χ2n) is 5.39. The predicted octanol–water partition coefficient (Wildman–Crippen LogP) is 3.79. The molecule has 0 aliphatic heterocycles. The number of amides is 1. The summed E-state index contributed by atoms with van der Waals surface area (Å²) in [7, 11) is 1.78. The van der Waals surface area contributed by atoms with Crippen LogP contribution in [0.3, 0.4) is 0 Å². The fourth-order valence-corrected chi connectivity index (χ4v) is 2.32. The van der Waals surface area contributed by atoms with Crippen molar-refractivity contribution in [2.75, 3.05) is 13.6 Å². The van der Waals surface area contributed by atoms with Gasteiger partial charge in [-0.2, -0.15) is 0 Å². The van der Waals surface area contributed by atoms with E-state index >= 15 is 0 Å². The molecule has 0 aliphatic rings. The van der Waals surface area contributed by atoms with Gasteiger partial charge in [-0.25, -0.2) is 0 Å². The highest BCUT2D eigenvalue weighted by Crippen LogP contribution is 2.25. The van der Waals surface area contributed by atoms with Gasteiger partial charge in [-0.3, -0.25) is 4.79 Å². The molecule has 0 spiro atoms. The molecular weight excluding hydrogens is 331 g/mol. The summed E-state index contributed by atoms with van der Waals surface area (Å²) in [5, 5.41) is 1.05. The standard InChI is InChI=1S/C15H22Cl2N2O.ClH/c1-10(2)14(18)7-8-19(3)15(20)9-11-12(16)5-4-6-13(11)17;/h4-6,10,14H,7-9,18H2,1-3H3;1H. The Balaban J connectivity index is 0.00000400. The molecule has 1 atom stereocenters. The molecule has 0 saturated heterocycles. The molecule has 21 heavy (non-hydrogen) atoms. The number of carbonyl (C=O) groups is 1. The summed E-state index contributed by atoms with van der Waals surface area (Å²) in [4.78, 5) is 13.8. The Labute approximate surface area is 143 Å². The van der Waals surface area contributed by atoms with Gasteiger partial charge in [0.15, 0.2) is 0 Å². The molecule has 1 rings (SSSR count). The zero-order chi connectivity index (χ0) is 15.3. The highest BCUT2D eigenvalue weighted by molar-refractivity contribution is 6.36. The molecule has 0 saturated carbocycles. The molecule has 1 aromatic rings. The normalized spacial score (nSPS) is 12.0. The van der Waals surface area contributed by atoms with Crippen molar-refractivity contribution in [1.82, 2.24) is 4.90 Å². The van der Waals surface area contributed by atoms with Gasteiger partial charge in [-0.05, 0) is 30.0 Å². The molecule has 0 aromatic heterocycles. The van der Waals surface area contributed by atoms with Crippen LogP contribution in [0.1, 0.15) is 25.8 Å². The average Bonchev–Trinajstić information content (AvgIpc) is 2.39. The predicted molar refractivity (Wildman–Crippen MR) is 92.5 cm³/mol. The maximum absolute atomic E-state index is 12.2. The lowest BCUT2D eigenvalue weighted by atomic mass is 10.0. The van der Waals surface area contributed by atoms with E-state index in [1.165, 1.54) is 0 Å². The van der Waals surface area contributed by atoms with Crippen molar-refractivity contribution in [3.63, 3.8) is 0 Å². The summed E-state index contributed by atoms with van der Waals surface area (Å²) < 4.78 is 0. The minimum Gasteiger partial charge on any atom is -0.345 e. The summed E-state index contributed by atoms with van der Waals surface area (Å²) in [5.41, 5.74) is 6.67. The van der Waals surface area contributed by atoms with Crippen molar-refractivity contribution in [3.8, 4) is 0 Å². The average molecular weight is 354 g/mol. The third-order valence-electron chi connectivity index (χ3n) is 3.47. The topological polar surface area (TPSA) is 46.3 Å². The van der Waals surface area contributed by atoms with Crippen LogP contribution < -0.4 is 5.73 Å². The molecule has 2 N–H and O–H groups in total. The first kappa shape index (κ1) is 20.5. The second-order valence-corrected chi connectivity index (χ2v) is 6.20. The Bertz CT molecular complexity index is 446. The minimum atomic E-state index is -0.00374. The third kappa shape index (κ3) is 6.43. The molecule has 0 radical (unpaired) electrons. The number of hydrogen-bond acceptors (Lipinski definition) is 2. The maximum Gasteiger partial charge on any atom is 0.226 e. The number of carbonyl (C=O) groups excluding carboxylic acids is 1. The monoisotopic (exact) mass is 352 g/mol. The number of nitrogens with zero attached hydrogens (tertiary/aromatic N) is 1. The van der Waals surface area contributed by atoms with Crippen molar-refractivity contribution in [2.24, 2.45) is 11.7 Å². The molecule has 1 aromatic carbocycles. The molecule has 0 fully saturated rings. The van der Waals surface area contributed by atoms with E-state index in [0.29, 0.717) is 28.1 Å². The molecule has 0 heterocycles. The van der Waals surface area contributed by atoms with E-state index in [1.54, 1.807) is 30.1 Å². The Morgan fingerprint density at radius 1 is 1.29 bits per heavy atom. The van der Waals surface area contributed by atoms with Gasteiger partial charge in [-0.1, -0.05) is 43.1 Å². The first-order chi connectivity index (χ1) is 9.32. The van der Waals surface area contributed by atoms with Crippen LogP contribution in [0.2, 0.25) is 10.0 Å². The van der Waals surface area contributed by atoms with Crippen LogP contribution in [0.15, 0.2) is 18.2 Å². The van der Waals surface area contributed by atoms with Crippen LogP contribution in [0.4, 0.5) is 0 Å². The summed E-state index contributed by atoms with van der Waals surface area (Å²) in [6.45, 7) is 4.80. The van der Waals surface area contributed by atoms with Gasteiger partial charge < -0.3 is 10.6 Å².